The second kappa shape index (κ2) is 7.73. The molecule has 0 bridgehead atoms. The molecule has 1 fully saturated rings. The van der Waals surface area contributed by atoms with E-state index < -0.39 is 11.8 Å². The Labute approximate surface area is 172 Å². The lowest BCUT2D eigenvalue weighted by atomic mass is 10.1. The number of benzene rings is 2. The number of furan rings is 1. The molecule has 2 amide bonds. The van der Waals surface area contributed by atoms with Crippen molar-refractivity contribution < 1.29 is 18.7 Å². The van der Waals surface area contributed by atoms with Gasteiger partial charge in [-0.3, -0.25) is 19.8 Å². The number of carbonyl (C=O) groups is 2. The molecule has 0 unspecified atom stereocenters. The maximum Gasteiger partial charge on any atom is 0.270 e. The maximum absolute atomic E-state index is 13.0. The van der Waals surface area contributed by atoms with Crippen molar-refractivity contribution in [2.75, 3.05) is 4.90 Å². The minimum Gasteiger partial charge on any atom is -0.462 e. The second-order valence-corrected chi connectivity index (χ2v) is 6.70. The van der Waals surface area contributed by atoms with Crippen LogP contribution in [0.3, 0.4) is 0 Å². The molecule has 0 saturated carbocycles. The summed E-state index contributed by atoms with van der Waals surface area (Å²) in [5.41, 5.74) is 0.458. The van der Waals surface area contributed by atoms with Gasteiger partial charge < -0.3 is 9.15 Å². The number of thiocarbonyl (C=S) groups is 1. The molecular weight excluding hydrogens is 388 g/mol. The highest BCUT2D eigenvalue weighted by Crippen LogP contribution is 2.27. The van der Waals surface area contributed by atoms with Crippen LogP contribution in [0.4, 0.5) is 5.69 Å². The zero-order chi connectivity index (χ0) is 20.4. The predicted octanol–water partition coefficient (Wildman–Crippen LogP) is 4.21. The molecule has 0 aliphatic carbocycles. The van der Waals surface area contributed by atoms with Crippen LogP contribution in [0.25, 0.3) is 6.08 Å². The Morgan fingerprint density at radius 3 is 2.31 bits per heavy atom. The summed E-state index contributed by atoms with van der Waals surface area (Å²) < 4.78 is 11.2. The van der Waals surface area contributed by atoms with Gasteiger partial charge in [0.15, 0.2) is 5.11 Å². The molecule has 4 rings (SSSR count). The van der Waals surface area contributed by atoms with E-state index in [4.69, 9.17) is 21.4 Å². The lowest BCUT2D eigenvalue weighted by molar-refractivity contribution is -0.122. The van der Waals surface area contributed by atoms with E-state index in [1.54, 1.807) is 43.3 Å². The Morgan fingerprint density at radius 2 is 1.66 bits per heavy atom. The van der Waals surface area contributed by atoms with Crippen molar-refractivity contribution in [3.63, 3.8) is 0 Å². The van der Waals surface area contributed by atoms with Gasteiger partial charge in [0, 0.05) is 0 Å². The first-order valence-electron chi connectivity index (χ1n) is 8.82. The first kappa shape index (κ1) is 18.6. The van der Waals surface area contributed by atoms with Crippen molar-refractivity contribution in [1.29, 1.82) is 0 Å². The van der Waals surface area contributed by atoms with Gasteiger partial charge in [-0.05, 0) is 73.7 Å². The Morgan fingerprint density at radius 1 is 0.966 bits per heavy atom. The zero-order valence-corrected chi connectivity index (χ0v) is 16.2. The number of nitrogens with one attached hydrogen (secondary N) is 1. The topological polar surface area (TPSA) is 71.8 Å². The Kier molecular flexibility index (Phi) is 4.97. The number of anilines is 1. The molecular formula is C22H16N2O4S. The molecule has 1 N–H and O–H groups in total. The summed E-state index contributed by atoms with van der Waals surface area (Å²) in [7, 11) is 0. The lowest BCUT2D eigenvalue weighted by Crippen LogP contribution is -2.54. The van der Waals surface area contributed by atoms with E-state index >= 15 is 0 Å². The molecule has 29 heavy (non-hydrogen) atoms. The molecule has 144 valence electrons. The lowest BCUT2D eigenvalue weighted by Gasteiger charge is -2.28. The van der Waals surface area contributed by atoms with E-state index in [1.807, 2.05) is 30.3 Å². The van der Waals surface area contributed by atoms with Gasteiger partial charge >= 0.3 is 0 Å². The number of hydrogen-bond donors (Lipinski definition) is 1. The van der Waals surface area contributed by atoms with E-state index in [0.29, 0.717) is 28.7 Å². The molecule has 0 radical (unpaired) electrons. The minimum absolute atomic E-state index is 0.0181. The number of hydrogen-bond acceptors (Lipinski definition) is 5. The molecule has 1 aliphatic heterocycles. The SMILES string of the molecule is Cc1ccc(/C=C2\C(=O)NC(=S)N(c3ccc(Oc4ccccc4)cc3)C2=O)o1. The average Bonchev–Trinajstić information content (AvgIpc) is 3.12. The number of para-hydroxylation sites is 1. The monoisotopic (exact) mass is 404 g/mol. The fourth-order valence-electron chi connectivity index (χ4n) is 2.85. The number of rotatable bonds is 4. The van der Waals surface area contributed by atoms with Crippen molar-refractivity contribution in [3.8, 4) is 11.5 Å². The first-order chi connectivity index (χ1) is 14.0. The predicted molar refractivity (Wildman–Crippen MR) is 113 cm³/mol. The van der Waals surface area contributed by atoms with Crippen molar-refractivity contribution >= 4 is 40.9 Å². The van der Waals surface area contributed by atoms with E-state index in [-0.39, 0.29) is 10.7 Å². The van der Waals surface area contributed by atoms with Gasteiger partial charge in [-0.1, -0.05) is 18.2 Å². The Bertz CT molecular complexity index is 1120. The van der Waals surface area contributed by atoms with Crippen LogP contribution in [-0.2, 0) is 9.59 Å². The standard InChI is InChI=1S/C22H16N2O4S/c1-14-7-10-18(27-14)13-19-20(25)23-22(29)24(21(19)26)15-8-11-17(12-9-15)28-16-5-3-2-4-6-16/h2-13H,1H3,(H,23,25,29)/b19-13+. The highest BCUT2D eigenvalue weighted by atomic mass is 32.1. The highest BCUT2D eigenvalue weighted by molar-refractivity contribution is 7.80. The summed E-state index contributed by atoms with van der Waals surface area (Å²) in [5, 5.41) is 2.56. The van der Waals surface area contributed by atoms with Crippen molar-refractivity contribution in [3.05, 3.63) is 83.8 Å². The second-order valence-electron chi connectivity index (χ2n) is 6.32. The third-order valence-electron chi connectivity index (χ3n) is 4.22. The highest BCUT2D eigenvalue weighted by Gasteiger charge is 2.34. The molecule has 0 atom stereocenters. The summed E-state index contributed by atoms with van der Waals surface area (Å²) in [4.78, 5) is 26.5. The van der Waals surface area contributed by atoms with Crippen LogP contribution in [0.2, 0.25) is 0 Å². The van der Waals surface area contributed by atoms with Gasteiger partial charge in [0.1, 0.15) is 28.6 Å². The number of amides is 2. The van der Waals surface area contributed by atoms with E-state index in [1.165, 1.54) is 11.0 Å². The number of aryl methyl sites for hydroxylation is 1. The van der Waals surface area contributed by atoms with Gasteiger partial charge in [-0.25, -0.2) is 0 Å². The summed E-state index contributed by atoms with van der Waals surface area (Å²) in [6.07, 6.45) is 1.41. The fraction of sp³-hybridized carbons (Fsp3) is 0.0455. The summed E-state index contributed by atoms with van der Waals surface area (Å²) >= 11 is 5.21. The minimum atomic E-state index is -0.561. The molecule has 6 nitrogen and oxygen atoms in total. The van der Waals surface area contributed by atoms with Crippen LogP contribution < -0.4 is 15.0 Å². The van der Waals surface area contributed by atoms with Crippen LogP contribution in [0.15, 0.2) is 76.7 Å². The van der Waals surface area contributed by atoms with Crippen LogP contribution >= 0.6 is 12.2 Å². The molecule has 1 saturated heterocycles. The Hall–Kier alpha value is -3.71. The first-order valence-corrected chi connectivity index (χ1v) is 9.23. The number of carbonyl (C=O) groups excluding carboxylic acids is 2. The van der Waals surface area contributed by atoms with Crippen LogP contribution in [0.5, 0.6) is 11.5 Å². The summed E-state index contributed by atoms with van der Waals surface area (Å²) in [6, 6.07) is 19.7. The number of nitrogens with zero attached hydrogens (tertiary/aromatic N) is 1. The third-order valence-corrected chi connectivity index (χ3v) is 4.51. The van der Waals surface area contributed by atoms with Gasteiger partial charge in [-0.15, -0.1) is 0 Å². The molecule has 1 aliphatic rings. The van der Waals surface area contributed by atoms with Crippen molar-refractivity contribution in [2.24, 2.45) is 0 Å². The zero-order valence-electron chi connectivity index (χ0n) is 15.4. The van der Waals surface area contributed by atoms with Crippen LogP contribution in [0.1, 0.15) is 11.5 Å². The quantitative estimate of drug-likeness (QED) is 0.401. The van der Waals surface area contributed by atoms with Crippen LogP contribution in [0, 0.1) is 6.92 Å². The molecule has 0 spiro atoms. The van der Waals surface area contributed by atoms with E-state index in [9.17, 15) is 9.59 Å². The summed E-state index contributed by atoms with van der Waals surface area (Å²) in [6.45, 7) is 1.78. The van der Waals surface area contributed by atoms with E-state index in [2.05, 4.69) is 5.32 Å². The number of ether oxygens (including phenoxy) is 1. The largest absolute Gasteiger partial charge is 0.462 e. The molecule has 7 heteroatoms. The molecule has 2 aromatic carbocycles. The molecule has 1 aromatic heterocycles. The summed E-state index contributed by atoms with van der Waals surface area (Å²) in [5.74, 6) is 1.33. The van der Waals surface area contributed by atoms with Crippen molar-refractivity contribution in [1.82, 2.24) is 5.32 Å². The Balaban J connectivity index is 1.59. The smallest absolute Gasteiger partial charge is 0.270 e. The fourth-order valence-corrected chi connectivity index (χ4v) is 3.13. The van der Waals surface area contributed by atoms with Gasteiger partial charge in [0.05, 0.1) is 5.69 Å². The van der Waals surface area contributed by atoms with Gasteiger partial charge in [0.25, 0.3) is 11.8 Å². The average molecular weight is 404 g/mol. The van der Waals surface area contributed by atoms with Crippen LogP contribution in [-0.4, -0.2) is 16.9 Å². The maximum atomic E-state index is 13.0. The molecule has 3 aromatic rings. The van der Waals surface area contributed by atoms with E-state index in [0.717, 1.165) is 0 Å². The normalized spacial score (nSPS) is 15.6. The molecule has 2 heterocycles. The van der Waals surface area contributed by atoms with Gasteiger partial charge in [0.2, 0.25) is 0 Å². The van der Waals surface area contributed by atoms with Gasteiger partial charge in [-0.2, -0.15) is 0 Å². The third kappa shape index (κ3) is 3.95. The van der Waals surface area contributed by atoms with Crippen molar-refractivity contribution in [2.45, 2.75) is 6.92 Å².